The summed E-state index contributed by atoms with van der Waals surface area (Å²) in [7, 11) is -3.84. The zero-order chi connectivity index (χ0) is 14.9. The lowest BCUT2D eigenvalue weighted by Gasteiger charge is -2.36. The van der Waals surface area contributed by atoms with Crippen LogP contribution in [-0.4, -0.2) is 31.9 Å². The van der Waals surface area contributed by atoms with Crippen molar-refractivity contribution in [3.05, 3.63) is 29.8 Å². The van der Waals surface area contributed by atoms with Gasteiger partial charge in [-0.3, -0.25) is 0 Å². The van der Waals surface area contributed by atoms with Crippen molar-refractivity contribution >= 4 is 22.4 Å². The van der Waals surface area contributed by atoms with E-state index in [0.29, 0.717) is 18.9 Å². The lowest BCUT2D eigenvalue weighted by atomic mass is 9.94. The summed E-state index contributed by atoms with van der Waals surface area (Å²) in [5.74, 6) is -1.83. The first kappa shape index (κ1) is 18.3. The minimum atomic E-state index is -3.84. The van der Waals surface area contributed by atoms with Gasteiger partial charge in [-0.1, -0.05) is 6.92 Å². The molecule has 0 aromatic heterocycles. The van der Waals surface area contributed by atoms with Gasteiger partial charge in [0.05, 0.1) is 4.90 Å². The van der Waals surface area contributed by atoms with E-state index in [9.17, 15) is 17.2 Å². The van der Waals surface area contributed by atoms with E-state index >= 15 is 0 Å². The Hall–Kier alpha value is -0.760. The number of halogens is 3. The molecule has 120 valence electrons. The minimum absolute atomic E-state index is 0. The van der Waals surface area contributed by atoms with Gasteiger partial charge in [0.2, 0.25) is 10.0 Å². The maximum Gasteiger partial charge on any atom is 0.243 e. The molecule has 1 aliphatic rings. The quantitative estimate of drug-likeness (QED) is 0.916. The van der Waals surface area contributed by atoms with Crippen molar-refractivity contribution in [2.75, 3.05) is 13.1 Å². The second-order valence-corrected chi connectivity index (χ2v) is 7.10. The van der Waals surface area contributed by atoms with Crippen molar-refractivity contribution in [3.63, 3.8) is 0 Å². The molecule has 0 amide bonds. The van der Waals surface area contributed by atoms with Gasteiger partial charge in [0.1, 0.15) is 0 Å². The summed E-state index contributed by atoms with van der Waals surface area (Å²) in [6, 6.07) is 2.33. The molecule has 0 aliphatic carbocycles. The molecular weight excluding hydrogens is 322 g/mol. The maximum absolute atomic E-state index is 13.2. The number of hydrogen-bond acceptors (Lipinski definition) is 3. The average Bonchev–Trinajstić information content (AvgIpc) is 2.41. The van der Waals surface area contributed by atoms with Gasteiger partial charge in [-0.15, -0.1) is 12.4 Å². The molecule has 4 nitrogen and oxygen atoms in total. The highest BCUT2D eigenvalue weighted by atomic mass is 35.5. The largest absolute Gasteiger partial charge is 0.329 e. The Morgan fingerprint density at radius 3 is 2.57 bits per heavy atom. The van der Waals surface area contributed by atoms with Crippen LogP contribution in [0.25, 0.3) is 0 Å². The lowest BCUT2D eigenvalue weighted by Crippen LogP contribution is -2.49. The molecule has 21 heavy (non-hydrogen) atoms. The van der Waals surface area contributed by atoms with Crippen LogP contribution >= 0.6 is 12.4 Å². The van der Waals surface area contributed by atoms with Crippen LogP contribution in [0.3, 0.4) is 0 Å². The molecule has 1 aliphatic heterocycles. The van der Waals surface area contributed by atoms with Crippen molar-refractivity contribution < 1.29 is 17.2 Å². The molecule has 0 spiro atoms. The summed E-state index contributed by atoms with van der Waals surface area (Å²) < 4.78 is 52.5. The topological polar surface area (TPSA) is 63.4 Å². The number of sulfonamides is 1. The summed E-state index contributed by atoms with van der Waals surface area (Å²) in [5, 5.41) is 0. The zero-order valence-electron chi connectivity index (χ0n) is 11.6. The van der Waals surface area contributed by atoms with E-state index in [-0.39, 0.29) is 29.9 Å². The molecule has 1 aromatic rings. The Morgan fingerprint density at radius 1 is 1.33 bits per heavy atom. The van der Waals surface area contributed by atoms with Gasteiger partial charge in [-0.05, 0) is 37.0 Å². The molecule has 1 aromatic carbocycles. The number of nitrogens with zero attached hydrogens (tertiary/aromatic N) is 1. The van der Waals surface area contributed by atoms with E-state index in [1.165, 1.54) is 4.31 Å². The molecule has 8 heteroatoms. The minimum Gasteiger partial charge on any atom is -0.329 e. The molecule has 2 rings (SSSR count). The van der Waals surface area contributed by atoms with Crippen LogP contribution in [0, 0.1) is 17.6 Å². The lowest BCUT2D eigenvalue weighted by molar-refractivity contribution is 0.211. The Kier molecular flexibility index (Phi) is 6.10. The number of piperidine rings is 1. The first-order valence-corrected chi connectivity index (χ1v) is 7.97. The molecule has 2 N–H and O–H groups in total. The third kappa shape index (κ3) is 3.71. The first-order valence-electron chi connectivity index (χ1n) is 6.53. The van der Waals surface area contributed by atoms with Gasteiger partial charge in [-0.25, -0.2) is 17.2 Å². The highest BCUT2D eigenvalue weighted by molar-refractivity contribution is 7.89. The van der Waals surface area contributed by atoms with E-state index < -0.39 is 21.7 Å². The maximum atomic E-state index is 13.2. The molecule has 1 fully saturated rings. The number of benzene rings is 1. The van der Waals surface area contributed by atoms with Crippen molar-refractivity contribution in [3.8, 4) is 0 Å². The predicted octanol–water partition coefficient (Wildman–Crippen LogP) is 2.13. The molecule has 0 radical (unpaired) electrons. The Labute approximate surface area is 129 Å². The third-order valence-electron chi connectivity index (χ3n) is 3.69. The fraction of sp³-hybridized carbons (Fsp3) is 0.538. The van der Waals surface area contributed by atoms with Crippen LogP contribution in [0.4, 0.5) is 8.78 Å². The number of hydrogen-bond donors (Lipinski definition) is 1. The molecule has 1 heterocycles. The second-order valence-electron chi connectivity index (χ2n) is 5.21. The highest BCUT2D eigenvalue weighted by Gasteiger charge is 2.35. The van der Waals surface area contributed by atoms with Crippen molar-refractivity contribution in [2.45, 2.75) is 30.7 Å². The van der Waals surface area contributed by atoms with Crippen LogP contribution in [-0.2, 0) is 10.0 Å². The van der Waals surface area contributed by atoms with Gasteiger partial charge in [0.15, 0.2) is 11.6 Å². The second kappa shape index (κ2) is 7.00. The fourth-order valence-corrected chi connectivity index (χ4v) is 4.21. The van der Waals surface area contributed by atoms with E-state index in [2.05, 4.69) is 0 Å². The predicted molar refractivity (Wildman–Crippen MR) is 78.7 cm³/mol. The molecule has 2 unspecified atom stereocenters. The van der Waals surface area contributed by atoms with Gasteiger partial charge >= 0.3 is 0 Å². The van der Waals surface area contributed by atoms with Gasteiger partial charge < -0.3 is 5.73 Å². The Morgan fingerprint density at radius 2 is 2.00 bits per heavy atom. The van der Waals surface area contributed by atoms with Gasteiger partial charge in [0.25, 0.3) is 0 Å². The van der Waals surface area contributed by atoms with E-state index in [4.69, 9.17) is 5.73 Å². The SMILES string of the molecule is CC1CCN(S(=O)(=O)c2ccc(F)c(F)c2)C(CN)C1.Cl. The van der Waals surface area contributed by atoms with E-state index in [1.807, 2.05) is 6.92 Å². The summed E-state index contributed by atoms with van der Waals surface area (Å²) in [4.78, 5) is -0.232. The normalized spacial score (nSPS) is 23.6. The first-order chi connectivity index (χ1) is 9.36. The van der Waals surface area contributed by atoms with Crippen LogP contribution in [0.15, 0.2) is 23.1 Å². The van der Waals surface area contributed by atoms with Gasteiger partial charge in [0, 0.05) is 19.1 Å². The summed E-state index contributed by atoms with van der Waals surface area (Å²) >= 11 is 0. The third-order valence-corrected chi connectivity index (χ3v) is 5.64. The average molecular weight is 341 g/mol. The standard InChI is InChI=1S/C13H18F2N2O2S.ClH/c1-9-4-5-17(10(6-9)8-16)20(18,19)11-2-3-12(14)13(15)7-11;/h2-3,7,9-10H,4-6,8,16H2,1H3;1H. The molecule has 0 saturated carbocycles. The Balaban J connectivity index is 0.00000220. The molecule has 0 bridgehead atoms. The fourth-order valence-electron chi connectivity index (χ4n) is 2.53. The summed E-state index contributed by atoms with van der Waals surface area (Å²) in [6.07, 6.45) is 1.42. The molecule has 1 saturated heterocycles. The van der Waals surface area contributed by atoms with Crippen molar-refractivity contribution in [1.82, 2.24) is 4.31 Å². The molecule has 2 atom stereocenters. The van der Waals surface area contributed by atoms with E-state index in [1.54, 1.807) is 0 Å². The number of rotatable bonds is 3. The highest BCUT2D eigenvalue weighted by Crippen LogP contribution is 2.28. The van der Waals surface area contributed by atoms with Crippen molar-refractivity contribution in [1.29, 1.82) is 0 Å². The monoisotopic (exact) mass is 340 g/mol. The summed E-state index contributed by atoms with van der Waals surface area (Å²) in [6.45, 7) is 2.61. The number of nitrogens with two attached hydrogens (primary N) is 1. The van der Waals surface area contributed by atoms with Crippen LogP contribution in [0.5, 0.6) is 0 Å². The van der Waals surface area contributed by atoms with E-state index in [0.717, 1.165) is 24.6 Å². The summed E-state index contributed by atoms with van der Waals surface area (Å²) in [5.41, 5.74) is 5.64. The van der Waals surface area contributed by atoms with Crippen LogP contribution in [0.1, 0.15) is 19.8 Å². The van der Waals surface area contributed by atoms with Gasteiger partial charge in [-0.2, -0.15) is 4.31 Å². The smallest absolute Gasteiger partial charge is 0.243 e. The van der Waals surface area contributed by atoms with Crippen LogP contribution in [0.2, 0.25) is 0 Å². The zero-order valence-corrected chi connectivity index (χ0v) is 13.3. The van der Waals surface area contributed by atoms with Crippen LogP contribution < -0.4 is 5.73 Å². The molecular formula is C13H19ClF2N2O2S. The van der Waals surface area contributed by atoms with Crippen molar-refractivity contribution in [2.24, 2.45) is 11.7 Å². The Bertz CT molecular complexity index is 598.